The molecule has 0 fully saturated rings. The van der Waals surface area contributed by atoms with E-state index in [-0.39, 0.29) is 0 Å². The van der Waals surface area contributed by atoms with Crippen LogP contribution < -0.4 is 4.74 Å². The average molecular weight is 199 g/mol. The van der Waals surface area contributed by atoms with Crippen LogP contribution in [-0.2, 0) is 0 Å². The molecule has 72 valence electrons. The van der Waals surface area contributed by atoms with E-state index in [4.69, 9.17) is 16.3 Å². The van der Waals surface area contributed by atoms with Crippen molar-refractivity contribution in [3.8, 4) is 5.75 Å². The molecular formula is C11H15ClO. The first-order valence-corrected chi connectivity index (χ1v) is 4.78. The molecule has 0 saturated carbocycles. The van der Waals surface area contributed by atoms with E-state index >= 15 is 0 Å². The van der Waals surface area contributed by atoms with Gasteiger partial charge in [0.25, 0.3) is 0 Å². The quantitative estimate of drug-likeness (QED) is 0.703. The Labute approximate surface area is 84.7 Å². The molecule has 2 heteroatoms. The summed E-state index contributed by atoms with van der Waals surface area (Å²) < 4.78 is 5.18. The molecule has 0 aromatic heterocycles. The fourth-order valence-electron chi connectivity index (χ4n) is 1.33. The normalized spacial score (nSPS) is 10.6. The Morgan fingerprint density at radius 1 is 1.31 bits per heavy atom. The first kappa shape index (κ1) is 10.4. The van der Waals surface area contributed by atoms with Gasteiger partial charge in [-0.3, -0.25) is 0 Å². The van der Waals surface area contributed by atoms with Gasteiger partial charge in [-0.2, -0.15) is 0 Å². The number of hydrogen-bond acceptors (Lipinski definition) is 1. The lowest BCUT2D eigenvalue weighted by Gasteiger charge is -2.12. The highest BCUT2D eigenvalue weighted by atomic mass is 35.5. The summed E-state index contributed by atoms with van der Waals surface area (Å²) in [6.45, 7) is 6.30. The molecule has 0 unspecified atom stereocenters. The van der Waals surface area contributed by atoms with Crippen molar-refractivity contribution in [2.45, 2.75) is 26.7 Å². The van der Waals surface area contributed by atoms with Gasteiger partial charge in [-0.05, 0) is 30.0 Å². The van der Waals surface area contributed by atoms with Gasteiger partial charge in [-0.25, -0.2) is 0 Å². The molecule has 0 amide bonds. The molecular weight excluding hydrogens is 184 g/mol. The number of benzene rings is 1. The summed E-state index contributed by atoms with van der Waals surface area (Å²) in [4.78, 5) is 0. The Kier molecular flexibility index (Phi) is 3.21. The lowest BCUT2D eigenvalue weighted by molar-refractivity contribution is 0.414. The second-order valence-electron chi connectivity index (χ2n) is 3.53. The fraction of sp³-hybridized carbons (Fsp3) is 0.455. The van der Waals surface area contributed by atoms with Gasteiger partial charge in [0.15, 0.2) is 0 Å². The smallest absolute Gasteiger partial charge is 0.138 e. The zero-order valence-electron chi connectivity index (χ0n) is 8.52. The van der Waals surface area contributed by atoms with Gasteiger partial charge in [0.05, 0.1) is 12.1 Å². The van der Waals surface area contributed by atoms with Crippen molar-refractivity contribution in [3.05, 3.63) is 28.3 Å². The molecule has 0 saturated heterocycles. The highest BCUT2D eigenvalue weighted by Crippen LogP contribution is 2.33. The molecule has 13 heavy (non-hydrogen) atoms. The third-order valence-corrected chi connectivity index (χ3v) is 2.46. The van der Waals surface area contributed by atoms with Gasteiger partial charge in [0, 0.05) is 0 Å². The molecule has 1 rings (SSSR count). The van der Waals surface area contributed by atoms with Crippen molar-refractivity contribution < 1.29 is 4.74 Å². The lowest BCUT2D eigenvalue weighted by atomic mass is 10.0. The molecule has 0 aliphatic carbocycles. The molecule has 0 aliphatic rings. The van der Waals surface area contributed by atoms with E-state index in [1.165, 1.54) is 5.56 Å². The number of ether oxygens (including phenoxy) is 1. The largest absolute Gasteiger partial charge is 0.495 e. The zero-order chi connectivity index (χ0) is 10.0. The van der Waals surface area contributed by atoms with Crippen LogP contribution >= 0.6 is 11.6 Å². The highest BCUT2D eigenvalue weighted by Gasteiger charge is 2.10. The number of rotatable bonds is 2. The molecule has 0 spiro atoms. The molecule has 0 radical (unpaired) electrons. The Morgan fingerprint density at radius 3 is 2.38 bits per heavy atom. The minimum absolute atomic E-state index is 0.432. The van der Waals surface area contributed by atoms with Crippen LogP contribution in [-0.4, -0.2) is 7.11 Å². The number of hydrogen-bond donors (Lipinski definition) is 0. The molecule has 1 nitrogen and oxygen atoms in total. The van der Waals surface area contributed by atoms with Gasteiger partial charge in [0.2, 0.25) is 0 Å². The van der Waals surface area contributed by atoms with Gasteiger partial charge >= 0.3 is 0 Å². The van der Waals surface area contributed by atoms with Crippen LogP contribution in [0.2, 0.25) is 5.02 Å². The summed E-state index contributed by atoms with van der Waals surface area (Å²) >= 11 is 6.15. The monoisotopic (exact) mass is 198 g/mol. The van der Waals surface area contributed by atoms with Gasteiger partial charge in [0.1, 0.15) is 5.75 Å². The van der Waals surface area contributed by atoms with Crippen LogP contribution in [0.3, 0.4) is 0 Å². The number of methoxy groups -OCH3 is 1. The minimum Gasteiger partial charge on any atom is -0.495 e. The van der Waals surface area contributed by atoms with Crippen LogP contribution in [0, 0.1) is 6.92 Å². The van der Waals surface area contributed by atoms with E-state index in [0.29, 0.717) is 5.92 Å². The SMILES string of the molecule is COc1cc(C)cc(C(C)C)c1Cl. The van der Waals surface area contributed by atoms with Crippen LogP contribution in [0.4, 0.5) is 0 Å². The molecule has 0 heterocycles. The molecule has 0 bridgehead atoms. The van der Waals surface area contributed by atoms with Gasteiger partial charge in [-0.15, -0.1) is 0 Å². The third-order valence-electron chi connectivity index (χ3n) is 2.05. The summed E-state index contributed by atoms with van der Waals surface area (Å²) in [6.07, 6.45) is 0. The van der Waals surface area contributed by atoms with Crippen molar-refractivity contribution in [2.75, 3.05) is 7.11 Å². The predicted octanol–water partition coefficient (Wildman–Crippen LogP) is 3.78. The average Bonchev–Trinajstić information content (AvgIpc) is 2.08. The molecule has 1 aromatic rings. The van der Waals surface area contributed by atoms with E-state index in [9.17, 15) is 0 Å². The second kappa shape index (κ2) is 4.01. The second-order valence-corrected chi connectivity index (χ2v) is 3.90. The summed E-state index contributed by atoms with van der Waals surface area (Å²) in [7, 11) is 1.64. The van der Waals surface area contributed by atoms with Gasteiger partial charge < -0.3 is 4.74 Å². The van der Waals surface area contributed by atoms with Crippen LogP contribution in [0.15, 0.2) is 12.1 Å². The van der Waals surface area contributed by atoms with E-state index in [1.807, 2.05) is 13.0 Å². The van der Waals surface area contributed by atoms with E-state index in [2.05, 4.69) is 19.9 Å². The van der Waals surface area contributed by atoms with E-state index in [1.54, 1.807) is 7.11 Å². The maximum atomic E-state index is 6.15. The van der Waals surface area contributed by atoms with E-state index in [0.717, 1.165) is 16.3 Å². The maximum Gasteiger partial charge on any atom is 0.138 e. The van der Waals surface area contributed by atoms with Crippen molar-refractivity contribution in [1.82, 2.24) is 0 Å². The Hall–Kier alpha value is -0.690. The number of aryl methyl sites for hydroxylation is 1. The summed E-state index contributed by atoms with van der Waals surface area (Å²) in [5, 5.41) is 0.739. The first-order chi connectivity index (χ1) is 6.06. The van der Waals surface area contributed by atoms with Crippen molar-refractivity contribution in [1.29, 1.82) is 0 Å². The standard InChI is InChI=1S/C11H15ClO/c1-7(2)9-5-8(3)6-10(13-4)11(9)12/h5-7H,1-4H3. The van der Waals surface area contributed by atoms with Crippen LogP contribution in [0.1, 0.15) is 30.9 Å². The summed E-state index contributed by atoms with van der Waals surface area (Å²) in [5.74, 6) is 1.20. The number of halogens is 1. The van der Waals surface area contributed by atoms with Crippen LogP contribution in [0.25, 0.3) is 0 Å². The minimum atomic E-state index is 0.432. The highest BCUT2D eigenvalue weighted by molar-refractivity contribution is 6.32. The summed E-state index contributed by atoms with van der Waals surface area (Å²) in [5.41, 5.74) is 2.34. The Bertz CT molecular complexity index is 305. The fourth-order valence-corrected chi connectivity index (χ4v) is 1.74. The first-order valence-electron chi connectivity index (χ1n) is 4.40. The summed E-state index contributed by atoms with van der Waals surface area (Å²) in [6, 6.07) is 4.06. The van der Waals surface area contributed by atoms with Gasteiger partial charge in [-0.1, -0.05) is 31.5 Å². The van der Waals surface area contributed by atoms with Crippen molar-refractivity contribution in [2.24, 2.45) is 0 Å². The third kappa shape index (κ3) is 2.16. The molecule has 0 aliphatic heterocycles. The van der Waals surface area contributed by atoms with Crippen LogP contribution in [0.5, 0.6) is 5.75 Å². The van der Waals surface area contributed by atoms with Crippen molar-refractivity contribution in [3.63, 3.8) is 0 Å². The maximum absolute atomic E-state index is 6.15. The van der Waals surface area contributed by atoms with Crippen molar-refractivity contribution >= 4 is 11.6 Å². The topological polar surface area (TPSA) is 9.23 Å². The Morgan fingerprint density at radius 2 is 1.92 bits per heavy atom. The van der Waals surface area contributed by atoms with E-state index < -0.39 is 0 Å². The predicted molar refractivity (Wildman–Crippen MR) is 56.8 cm³/mol. The molecule has 0 atom stereocenters. The molecule has 1 aromatic carbocycles. The zero-order valence-corrected chi connectivity index (χ0v) is 9.27. The Balaban J connectivity index is 3.27. The lowest BCUT2D eigenvalue weighted by Crippen LogP contribution is -1.94. The molecule has 0 N–H and O–H groups in total.